The average molecular weight is 239 g/mol. The first kappa shape index (κ1) is 12.5. The minimum absolute atomic E-state index is 0.218. The molecule has 0 unspecified atom stereocenters. The number of hydrogen-bond acceptors (Lipinski definition) is 2. The zero-order chi connectivity index (χ0) is 12.3. The summed E-state index contributed by atoms with van der Waals surface area (Å²) in [7, 11) is 0. The summed E-state index contributed by atoms with van der Waals surface area (Å²) in [6, 6.07) is 3.02. The van der Waals surface area contributed by atoms with Gasteiger partial charge in [0, 0.05) is 0 Å². The number of rotatable bonds is 4. The molecule has 1 amide bonds. The van der Waals surface area contributed by atoms with Crippen molar-refractivity contribution in [3.05, 3.63) is 23.7 Å². The number of carbonyl (C=O) groups excluding carboxylic acids is 1. The van der Waals surface area contributed by atoms with E-state index in [0.29, 0.717) is 5.76 Å². The quantitative estimate of drug-likeness (QED) is 0.817. The first-order chi connectivity index (χ1) is 7.34. The Morgan fingerprint density at radius 3 is 2.56 bits per heavy atom. The van der Waals surface area contributed by atoms with E-state index in [2.05, 4.69) is 0 Å². The summed E-state index contributed by atoms with van der Waals surface area (Å²) in [6.07, 6.45) is -4.02. The highest BCUT2D eigenvalue weighted by molar-refractivity contribution is 5.83. The van der Waals surface area contributed by atoms with Gasteiger partial charge in [-0.1, -0.05) is 0 Å². The van der Waals surface area contributed by atoms with Gasteiger partial charge in [-0.15, -0.1) is 0 Å². The van der Waals surface area contributed by atoms with Gasteiger partial charge in [-0.3, -0.25) is 4.79 Å². The maximum atomic E-state index is 12.5. The van der Waals surface area contributed by atoms with Gasteiger partial charge in [0.25, 0.3) is 5.91 Å². The van der Waals surface area contributed by atoms with Crippen LogP contribution in [0, 0.1) is 6.92 Å². The van der Waals surface area contributed by atoms with Crippen molar-refractivity contribution in [2.75, 3.05) is 0 Å². The van der Waals surface area contributed by atoms with E-state index in [4.69, 9.17) is 4.42 Å². The van der Waals surface area contributed by atoms with Crippen LogP contribution in [0.3, 0.4) is 0 Å². The minimum Gasteiger partial charge on any atom is -0.465 e. The summed E-state index contributed by atoms with van der Waals surface area (Å²) in [4.78, 5) is 10.7. The summed E-state index contributed by atoms with van der Waals surface area (Å²) in [5.74, 6) is -5.95. The Balaban J connectivity index is 2.53. The Morgan fingerprint density at radius 2 is 2.12 bits per heavy atom. The lowest BCUT2D eigenvalue weighted by Gasteiger charge is -2.13. The van der Waals surface area contributed by atoms with Crippen LogP contribution in [0.5, 0.6) is 0 Å². The zero-order valence-corrected chi connectivity index (χ0v) is 8.27. The summed E-state index contributed by atoms with van der Waals surface area (Å²) in [5.41, 5.74) is 0. The van der Waals surface area contributed by atoms with Crippen LogP contribution in [0.1, 0.15) is 11.5 Å². The molecular formula is C9H9F4NO2. The second kappa shape index (κ2) is 4.54. The molecule has 0 aromatic carbocycles. The zero-order valence-electron chi connectivity index (χ0n) is 8.27. The van der Waals surface area contributed by atoms with E-state index >= 15 is 0 Å². The topological polar surface area (TPSA) is 42.2 Å². The Hall–Kier alpha value is -1.53. The molecule has 1 aromatic heterocycles. The molecular weight excluding hydrogens is 230 g/mol. The molecule has 7 heteroatoms. The Labute approximate surface area is 88.4 Å². The second-order valence-corrected chi connectivity index (χ2v) is 3.12. The standard InChI is InChI=1S/C9H9F4NO2/c1-5-2-3-6(16-5)4-14-8(15)9(12,13)7(10)11/h2-3,7H,4H2,1H3,(H,14,15). The van der Waals surface area contributed by atoms with Gasteiger partial charge in [0.2, 0.25) is 0 Å². The number of carbonyl (C=O) groups is 1. The van der Waals surface area contributed by atoms with Gasteiger partial charge in [0.15, 0.2) is 0 Å². The summed E-state index contributed by atoms with van der Waals surface area (Å²) >= 11 is 0. The monoisotopic (exact) mass is 239 g/mol. The van der Waals surface area contributed by atoms with Gasteiger partial charge in [-0.05, 0) is 19.1 Å². The second-order valence-electron chi connectivity index (χ2n) is 3.12. The SMILES string of the molecule is Cc1ccc(CNC(=O)C(F)(F)C(F)F)o1. The van der Waals surface area contributed by atoms with Crippen molar-refractivity contribution < 1.29 is 26.8 Å². The molecule has 0 aliphatic carbocycles. The molecule has 0 saturated carbocycles. The molecule has 0 bridgehead atoms. The van der Waals surface area contributed by atoms with Crippen molar-refractivity contribution >= 4 is 5.91 Å². The highest BCUT2D eigenvalue weighted by Crippen LogP contribution is 2.22. The van der Waals surface area contributed by atoms with E-state index in [0.717, 1.165) is 0 Å². The number of furan rings is 1. The number of alkyl halides is 4. The lowest BCUT2D eigenvalue weighted by Crippen LogP contribution is -2.44. The summed E-state index contributed by atoms with van der Waals surface area (Å²) < 4.78 is 53.4. The number of halogens is 4. The van der Waals surface area contributed by atoms with Crippen molar-refractivity contribution in [3.63, 3.8) is 0 Å². The third-order valence-electron chi connectivity index (χ3n) is 1.80. The number of aryl methyl sites for hydroxylation is 1. The third kappa shape index (κ3) is 2.74. The number of hydrogen-bond donors (Lipinski definition) is 1. The van der Waals surface area contributed by atoms with Crippen LogP contribution in [0.2, 0.25) is 0 Å². The molecule has 0 saturated heterocycles. The first-order valence-electron chi connectivity index (χ1n) is 4.33. The highest BCUT2D eigenvalue weighted by atomic mass is 19.3. The highest BCUT2D eigenvalue weighted by Gasteiger charge is 2.48. The lowest BCUT2D eigenvalue weighted by atomic mass is 10.3. The third-order valence-corrected chi connectivity index (χ3v) is 1.80. The Bertz CT molecular complexity index is 375. The van der Waals surface area contributed by atoms with Crippen molar-refractivity contribution in [3.8, 4) is 0 Å². The van der Waals surface area contributed by atoms with Gasteiger partial charge in [-0.2, -0.15) is 8.78 Å². The van der Waals surface area contributed by atoms with Gasteiger partial charge in [0.1, 0.15) is 11.5 Å². The van der Waals surface area contributed by atoms with Crippen LogP contribution < -0.4 is 5.32 Å². The number of amides is 1. The van der Waals surface area contributed by atoms with E-state index in [1.54, 1.807) is 18.3 Å². The predicted molar refractivity (Wildman–Crippen MR) is 46.2 cm³/mol. The smallest absolute Gasteiger partial charge is 0.383 e. The average Bonchev–Trinajstić information content (AvgIpc) is 2.60. The van der Waals surface area contributed by atoms with Crippen molar-refractivity contribution in [1.82, 2.24) is 5.32 Å². The summed E-state index contributed by atoms with van der Waals surface area (Å²) in [5, 5.41) is 1.67. The maximum absolute atomic E-state index is 12.5. The normalized spacial score (nSPS) is 11.9. The molecule has 1 rings (SSSR count). The van der Waals surface area contributed by atoms with Crippen molar-refractivity contribution in [1.29, 1.82) is 0 Å². The van der Waals surface area contributed by atoms with Crippen LogP contribution in [0.4, 0.5) is 17.6 Å². The van der Waals surface area contributed by atoms with Crippen LogP contribution in [0.15, 0.2) is 16.5 Å². The van der Waals surface area contributed by atoms with Gasteiger partial charge in [-0.25, -0.2) is 8.78 Å². The van der Waals surface area contributed by atoms with E-state index in [9.17, 15) is 22.4 Å². The van der Waals surface area contributed by atoms with E-state index in [1.807, 2.05) is 0 Å². The lowest BCUT2D eigenvalue weighted by molar-refractivity contribution is -0.169. The first-order valence-corrected chi connectivity index (χ1v) is 4.33. The molecule has 0 fully saturated rings. The molecule has 1 heterocycles. The molecule has 3 nitrogen and oxygen atoms in total. The van der Waals surface area contributed by atoms with Crippen LogP contribution >= 0.6 is 0 Å². The molecule has 90 valence electrons. The minimum atomic E-state index is -4.68. The van der Waals surface area contributed by atoms with Crippen molar-refractivity contribution in [2.24, 2.45) is 0 Å². The van der Waals surface area contributed by atoms with E-state index in [-0.39, 0.29) is 12.3 Å². The van der Waals surface area contributed by atoms with Crippen LogP contribution in [0.25, 0.3) is 0 Å². The molecule has 0 spiro atoms. The van der Waals surface area contributed by atoms with Gasteiger partial charge < -0.3 is 9.73 Å². The Kier molecular flexibility index (Phi) is 3.56. The molecule has 0 radical (unpaired) electrons. The fourth-order valence-corrected chi connectivity index (χ4v) is 0.964. The summed E-state index contributed by atoms with van der Waals surface area (Å²) in [6.45, 7) is 1.27. The van der Waals surface area contributed by atoms with Gasteiger partial charge >= 0.3 is 12.3 Å². The molecule has 0 atom stereocenters. The fourth-order valence-electron chi connectivity index (χ4n) is 0.964. The maximum Gasteiger partial charge on any atom is 0.383 e. The predicted octanol–water partition coefficient (Wildman–Crippen LogP) is 2.10. The molecule has 1 aromatic rings. The number of nitrogens with one attached hydrogen (secondary N) is 1. The Morgan fingerprint density at radius 1 is 1.50 bits per heavy atom. The molecule has 0 aliphatic rings. The molecule has 1 N–H and O–H groups in total. The van der Waals surface area contributed by atoms with Crippen molar-refractivity contribution in [2.45, 2.75) is 25.8 Å². The van der Waals surface area contributed by atoms with Crippen LogP contribution in [-0.2, 0) is 11.3 Å². The van der Waals surface area contributed by atoms with Gasteiger partial charge in [0.05, 0.1) is 6.54 Å². The van der Waals surface area contributed by atoms with Crippen LogP contribution in [-0.4, -0.2) is 18.3 Å². The molecule has 0 aliphatic heterocycles. The van der Waals surface area contributed by atoms with E-state index in [1.165, 1.54) is 6.07 Å². The van der Waals surface area contributed by atoms with E-state index < -0.39 is 18.3 Å². The molecule has 16 heavy (non-hydrogen) atoms. The largest absolute Gasteiger partial charge is 0.465 e. The fraction of sp³-hybridized carbons (Fsp3) is 0.444.